The quantitative estimate of drug-likeness (QED) is 0.820. The summed E-state index contributed by atoms with van der Waals surface area (Å²) in [7, 11) is 0. The number of benzene rings is 1. The third kappa shape index (κ3) is 3.51. The number of anilines is 1. The van der Waals surface area contributed by atoms with Crippen molar-refractivity contribution in [3.8, 4) is 12.3 Å². The van der Waals surface area contributed by atoms with E-state index in [1.54, 1.807) is 0 Å². The Morgan fingerprint density at radius 1 is 1.39 bits per heavy atom. The maximum absolute atomic E-state index is 5.43. The highest BCUT2D eigenvalue weighted by Crippen LogP contribution is 2.17. The zero-order valence-electron chi connectivity index (χ0n) is 11.2. The lowest BCUT2D eigenvalue weighted by Gasteiger charge is -2.19. The van der Waals surface area contributed by atoms with Crippen LogP contribution in [0.1, 0.15) is 31.7 Å². The lowest BCUT2D eigenvalue weighted by molar-refractivity contribution is 0.300. The maximum Gasteiger partial charge on any atom is 0.0354 e. The second-order valence-corrected chi connectivity index (χ2v) is 4.93. The summed E-state index contributed by atoms with van der Waals surface area (Å²) in [6.45, 7) is 5.84. The molecular formula is C16H22N2. The fraction of sp³-hybridized carbons (Fsp3) is 0.500. The van der Waals surface area contributed by atoms with Gasteiger partial charge in [0, 0.05) is 23.8 Å². The van der Waals surface area contributed by atoms with Crippen LogP contribution in [0, 0.1) is 12.3 Å². The Morgan fingerprint density at radius 2 is 2.28 bits per heavy atom. The Balaban J connectivity index is 1.94. The lowest BCUT2D eigenvalue weighted by atomic mass is 10.1. The van der Waals surface area contributed by atoms with Crippen LogP contribution in [0.25, 0.3) is 0 Å². The summed E-state index contributed by atoms with van der Waals surface area (Å²) in [5.74, 6) is 2.68. The van der Waals surface area contributed by atoms with Crippen molar-refractivity contribution in [2.45, 2.75) is 32.2 Å². The predicted molar refractivity (Wildman–Crippen MR) is 77.8 cm³/mol. The molecule has 1 atom stereocenters. The van der Waals surface area contributed by atoms with Gasteiger partial charge in [-0.3, -0.25) is 0 Å². The van der Waals surface area contributed by atoms with E-state index < -0.39 is 0 Å². The fourth-order valence-electron chi connectivity index (χ4n) is 2.55. The van der Waals surface area contributed by atoms with E-state index in [2.05, 4.69) is 35.2 Å². The topological polar surface area (TPSA) is 15.3 Å². The molecule has 2 rings (SSSR count). The van der Waals surface area contributed by atoms with E-state index in [1.165, 1.54) is 38.9 Å². The minimum Gasteiger partial charge on any atom is -0.382 e. The Morgan fingerprint density at radius 3 is 3.06 bits per heavy atom. The molecule has 1 unspecified atom stereocenters. The van der Waals surface area contributed by atoms with Gasteiger partial charge < -0.3 is 10.2 Å². The Labute approximate surface area is 110 Å². The molecule has 0 aromatic heterocycles. The summed E-state index contributed by atoms with van der Waals surface area (Å²) in [5, 5.41) is 3.62. The summed E-state index contributed by atoms with van der Waals surface area (Å²) in [5.41, 5.74) is 2.10. The zero-order valence-corrected chi connectivity index (χ0v) is 11.2. The average Bonchev–Trinajstić information content (AvgIpc) is 2.64. The molecule has 1 aromatic carbocycles. The second-order valence-electron chi connectivity index (χ2n) is 4.93. The molecule has 96 valence electrons. The van der Waals surface area contributed by atoms with E-state index in [9.17, 15) is 0 Å². The van der Waals surface area contributed by atoms with E-state index in [0.29, 0.717) is 6.04 Å². The van der Waals surface area contributed by atoms with Crippen molar-refractivity contribution in [2.75, 3.05) is 25.0 Å². The van der Waals surface area contributed by atoms with Crippen LogP contribution in [0.2, 0.25) is 0 Å². The fourth-order valence-corrected chi connectivity index (χ4v) is 2.55. The molecule has 0 spiro atoms. The Hall–Kier alpha value is -1.46. The maximum atomic E-state index is 5.43. The van der Waals surface area contributed by atoms with Gasteiger partial charge in [0.2, 0.25) is 0 Å². The summed E-state index contributed by atoms with van der Waals surface area (Å²) in [6, 6.07) is 8.73. The molecule has 1 heterocycles. The SMILES string of the molecule is C#Cc1cccc(NC2CCCN(CC)CC2)c1. The van der Waals surface area contributed by atoms with Crippen LogP contribution in [0.4, 0.5) is 5.69 Å². The van der Waals surface area contributed by atoms with Gasteiger partial charge >= 0.3 is 0 Å². The number of terminal acetylenes is 1. The monoisotopic (exact) mass is 242 g/mol. The number of hydrogen-bond donors (Lipinski definition) is 1. The first kappa shape index (κ1) is 13.0. The van der Waals surface area contributed by atoms with Crippen molar-refractivity contribution in [3.63, 3.8) is 0 Å². The van der Waals surface area contributed by atoms with Crippen LogP contribution in [-0.2, 0) is 0 Å². The van der Waals surface area contributed by atoms with Crippen molar-refractivity contribution in [1.82, 2.24) is 4.90 Å². The van der Waals surface area contributed by atoms with Gasteiger partial charge in [-0.25, -0.2) is 0 Å². The molecule has 18 heavy (non-hydrogen) atoms. The Kier molecular flexibility index (Phi) is 4.66. The molecule has 1 saturated heterocycles. The average molecular weight is 242 g/mol. The minimum absolute atomic E-state index is 0.578. The third-order valence-electron chi connectivity index (χ3n) is 3.67. The Bertz CT molecular complexity index is 419. The van der Waals surface area contributed by atoms with E-state index in [-0.39, 0.29) is 0 Å². The van der Waals surface area contributed by atoms with Crippen molar-refractivity contribution < 1.29 is 0 Å². The summed E-state index contributed by atoms with van der Waals surface area (Å²) < 4.78 is 0. The van der Waals surface area contributed by atoms with E-state index in [1.807, 2.05) is 12.1 Å². The van der Waals surface area contributed by atoms with Crippen LogP contribution in [0.5, 0.6) is 0 Å². The molecule has 1 N–H and O–H groups in total. The van der Waals surface area contributed by atoms with Gasteiger partial charge in [0.25, 0.3) is 0 Å². The minimum atomic E-state index is 0.578. The van der Waals surface area contributed by atoms with Gasteiger partial charge in [0.05, 0.1) is 0 Å². The molecule has 0 aliphatic carbocycles. The number of nitrogens with zero attached hydrogens (tertiary/aromatic N) is 1. The highest BCUT2D eigenvalue weighted by Gasteiger charge is 2.15. The van der Waals surface area contributed by atoms with Gasteiger partial charge in [-0.05, 0) is 50.6 Å². The van der Waals surface area contributed by atoms with Crippen LogP contribution in [-0.4, -0.2) is 30.6 Å². The molecule has 2 heteroatoms. The molecule has 0 amide bonds. The third-order valence-corrected chi connectivity index (χ3v) is 3.67. The second kappa shape index (κ2) is 6.47. The molecule has 0 bridgehead atoms. The van der Waals surface area contributed by atoms with E-state index in [0.717, 1.165) is 11.3 Å². The van der Waals surface area contributed by atoms with Crippen LogP contribution < -0.4 is 5.32 Å². The first-order valence-electron chi connectivity index (χ1n) is 6.87. The van der Waals surface area contributed by atoms with E-state index in [4.69, 9.17) is 6.42 Å². The highest BCUT2D eigenvalue weighted by atomic mass is 15.1. The van der Waals surface area contributed by atoms with Crippen molar-refractivity contribution in [1.29, 1.82) is 0 Å². The lowest BCUT2D eigenvalue weighted by Crippen LogP contribution is -2.26. The number of likely N-dealkylation sites (tertiary alicyclic amines) is 1. The van der Waals surface area contributed by atoms with Crippen LogP contribution in [0.3, 0.4) is 0 Å². The molecule has 0 radical (unpaired) electrons. The summed E-state index contributed by atoms with van der Waals surface area (Å²) >= 11 is 0. The molecular weight excluding hydrogens is 220 g/mol. The van der Waals surface area contributed by atoms with Gasteiger partial charge in [0.1, 0.15) is 0 Å². The van der Waals surface area contributed by atoms with Crippen LogP contribution in [0.15, 0.2) is 24.3 Å². The van der Waals surface area contributed by atoms with Crippen molar-refractivity contribution >= 4 is 5.69 Å². The molecule has 1 aliphatic heterocycles. The number of rotatable bonds is 3. The molecule has 1 aromatic rings. The van der Waals surface area contributed by atoms with Crippen molar-refractivity contribution in [3.05, 3.63) is 29.8 Å². The van der Waals surface area contributed by atoms with E-state index >= 15 is 0 Å². The van der Waals surface area contributed by atoms with Crippen molar-refractivity contribution in [2.24, 2.45) is 0 Å². The first-order valence-corrected chi connectivity index (χ1v) is 6.87. The smallest absolute Gasteiger partial charge is 0.0354 e. The number of nitrogens with one attached hydrogen (secondary N) is 1. The summed E-state index contributed by atoms with van der Waals surface area (Å²) in [6.07, 6.45) is 9.17. The van der Waals surface area contributed by atoms with Crippen LogP contribution >= 0.6 is 0 Å². The van der Waals surface area contributed by atoms with Gasteiger partial charge in [-0.1, -0.05) is 18.9 Å². The first-order chi connectivity index (χ1) is 8.81. The largest absolute Gasteiger partial charge is 0.382 e. The van der Waals surface area contributed by atoms with Gasteiger partial charge in [-0.2, -0.15) is 0 Å². The molecule has 2 nitrogen and oxygen atoms in total. The zero-order chi connectivity index (χ0) is 12.8. The molecule has 1 fully saturated rings. The molecule has 1 aliphatic rings. The summed E-state index contributed by atoms with van der Waals surface area (Å²) in [4.78, 5) is 2.53. The predicted octanol–water partition coefficient (Wildman–Crippen LogP) is 2.95. The van der Waals surface area contributed by atoms with Gasteiger partial charge in [-0.15, -0.1) is 6.42 Å². The highest BCUT2D eigenvalue weighted by molar-refractivity contribution is 5.50. The number of hydrogen-bond acceptors (Lipinski definition) is 2. The molecule has 0 saturated carbocycles. The van der Waals surface area contributed by atoms with Gasteiger partial charge in [0.15, 0.2) is 0 Å². The standard InChI is InChI=1S/C16H22N2/c1-3-14-7-5-8-16(13-14)17-15-9-6-11-18(4-2)12-10-15/h1,5,7-8,13,15,17H,4,6,9-12H2,2H3. The normalized spacial score (nSPS) is 21.0.